The Morgan fingerprint density at radius 3 is 2.77 bits per heavy atom. The molecule has 0 bridgehead atoms. The molecule has 134 valence electrons. The topological polar surface area (TPSA) is 60.5 Å². The maximum absolute atomic E-state index is 12.6. The summed E-state index contributed by atoms with van der Waals surface area (Å²) in [6.45, 7) is 2.73. The lowest BCUT2D eigenvalue weighted by Crippen LogP contribution is -2.12. The van der Waals surface area contributed by atoms with Crippen molar-refractivity contribution >= 4 is 22.5 Å². The number of para-hydroxylation sites is 1. The van der Waals surface area contributed by atoms with Crippen molar-refractivity contribution in [3.63, 3.8) is 0 Å². The fourth-order valence-corrected chi connectivity index (χ4v) is 2.60. The Bertz CT molecular complexity index is 909. The predicted molar refractivity (Wildman–Crippen MR) is 103 cm³/mol. The number of pyridine rings is 1. The number of nitrogens with one attached hydrogen (secondary N) is 1. The lowest BCUT2D eigenvalue weighted by Gasteiger charge is -2.12. The fourth-order valence-electron chi connectivity index (χ4n) is 2.60. The van der Waals surface area contributed by atoms with Crippen LogP contribution < -0.4 is 14.8 Å². The van der Waals surface area contributed by atoms with Gasteiger partial charge in [0.25, 0.3) is 5.91 Å². The van der Waals surface area contributed by atoms with Gasteiger partial charge in [0.2, 0.25) is 0 Å². The van der Waals surface area contributed by atoms with Crippen LogP contribution in [-0.2, 0) is 0 Å². The standard InChI is InChI=1S/C21H22N2O3/c1-3-4-11-26-19-10-9-16(13-20(19)25-2)21(24)23-17-12-15-7-5-6-8-18(15)22-14-17/h5-10,12-14H,3-4,11H2,1-2H3,(H,23,24). The molecule has 0 saturated carbocycles. The van der Waals surface area contributed by atoms with E-state index in [9.17, 15) is 4.79 Å². The van der Waals surface area contributed by atoms with Crippen molar-refractivity contribution < 1.29 is 14.3 Å². The maximum Gasteiger partial charge on any atom is 0.255 e. The van der Waals surface area contributed by atoms with E-state index in [0.29, 0.717) is 29.4 Å². The Labute approximate surface area is 153 Å². The van der Waals surface area contributed by atoms with E-state index in [-0.39, 0.29) is 5.91 Å². The van der Waals surface area contributed by atoms with Crippen molar-refractivity contribution in [2.24, 2.45) is 0 Å². The predicted octanol–water partition coefficient (Wildman–Crippen LogP) is 4.67. The van der Waals surface area contributed by atoms with E-state index in [1.165, 1.54) is 0 Å². The first-order valence-corrected chi connectivity index (χ1v) is 8.68. The molecule has 5 heteroatoms. The summed E-state index contributed by atoms with van der Waals surface area (Å²) < 4.78 is 11.1. The van der Waals surface area contributed by atoms with Gasteiger partial charge in [0.05, 0.1) is 31.1 Å². The van der Waals surface area contributed by atoms with Gasteiger partial charge in [-0.3, -0.25) is 9.78 Å². The molecule has 2 aromatic carbocycles. The van der Waals surface area contributed by atoms with E-state index in [0.717, 1.165) is 23.7 Å². The second-order valence-corrected chi connectivity index (χ2v) is 5.94. The number of anilines is 1. The third-order valence-electron chi connectivity index (χ3n) is 4.03. The van der Waals surface area contributed by atoms with Crippen LogP contribution in [0.5, 0.6) is 11.5 Å². The SMILES string of the molecule is CCCCOc1ccc(C(=O)Nc2cnc3ccccc3c2)cc1OC. The third-order valence-corrected chi connectivity index (χ3v) is 4.03. The summed E-state index contributed by atoms with van der Waals surface area (Å²) in [5.41, 5.74) is 2.04. The van der Waals surface area contributed by atoms with Crippen LogP contribution in [0.4, 0.5) is 5.69 Å². The minimum Gasteiger partial charge on any atom is -0.493 e. The molecule has 5 nitrogen and oxygen atoms in total. The van der Waals surface area contributed by atoms with Gasteiger partial charge in [-0.05, 0) is 36.8 Å². The van der Waals surface area contributed by atoms with Crippen LogP contribution in [0.2, 0.25) is 0 Å². The zero-order valence-corrected chi connectivity index (χ0v) is 15.0. The second-order valence-electron chi connectivity index (χ2n) is 5.94. The molecule has 0 saturated heterocycles. The van der Waals surface area contributed by atoms with Gasteiger partial charge in [0.15, 0.2) is 11.5 Å². The van der Waals surface area contributed by atoms with Crippen molar-refractivity contribution in [1.29, 1.82) is 0 Å². The molecule has 1 aromatic heterocycles. The molecule has 0 spiro atoms. The van der Waals surface area contributed by atoms with Crippen molar-refractivity contribution in [2.45, 2.75) is 19.8 Å². The Hall–Kier alpha value is -3.08. The maximum atomic E-state index is 12.6. The van der Waals surface area contributed by atoms with Crippen LogP contribution in [0.3, 0.4) is 0 Å². The average molecular weight is 350 g/mol. The van der Waals surface area contributed by atoms with Gasteiger partial charge < -0.3 is 14.8 Å². The summed E-state index contributed by atoms with van der Waals surface area (Å²) in [5, 5.41) is 3.85. The molecule has 0 radical (unpaired) electrons. The number of fused-ring (bicyclic) bond motifs is 1. The quantitative estimate of drug-likeness (QED) is 0.629. The first kappa shape index (κ1) is 17.7. The van der Waals surface area contributed by atoms with Gasteiger partial charge in [-0.15, -0.1) is 0 Å². The first-order chi connectivity index (χ1) is 12.7. The van der Waals surface area contributed by atoms with E-state index in [1.807, 2.05) is 30.3 Å². The van der Waals surface area contributed by atoms with E-state index in [1.54, 1.807) is 31.5 Å². The number of amides is 1. The molecule has 1 N–H and O–H groups in total. The summed E-state index contributed by atoms with van der Waals surface area (Å²) in [6.07, 6.45) is 3.68. The zero-order chi connectivity index (χ0) is 18.4. The van der Waals surface area contributed by atoms with Crippen LogP contribution in [-0.4, -0.2) is 24.6 Å². The molecule has 0 aliphatic carbocycles. The number of hydrogen-bond donors (Lipinski definition) is 1. The van der Waals surface area contributed by atoms with E-state index in [4.69, 9.17) is 9.47 Å². The molecule has 1 amide bonds. The highest BCUT2D eigenvalue weighted by Gasteiger charge is 2.12. The van der Waals surface area contributed by atoms with Gasteiger partial charge in [-0.1, -0.05) is 31.5 Å². The highest BCUT2D eigenvalue weighted by molar-refractivity contribution is 6.05. The zero-order valence-electron chi connectivity index (χ0n) is 15.0. The van der Waals surface area contributed by atoms with Crippen molar-refractivity contribution in [2.75, 3.05) is 19.0 Å². The number of rotatable bonds is 7. The largest absolute Gasteiger partial charge is 0.493 e. The van der Waals surface area contributed by atoms with Gasteiger partial charge in [0, 0.05) is 10.9 Å². The number of carbonyl (C=O) groups is 1. The summed E-state index contributed by atoms with van der Waals surface area (Å²) in [6, 6.07) is 14.9. The number of ether oxygens (including phenoxy) is 2. The molecule has 3 rings (SSSR count). The summed E-state index contributed by atoms with van der Waals surface area (Å²) in [7, 11) is 1.57. The van der Waals surface area contributed by atoms with Crippen molar-refractivity contribution in [3.05, 3.63) is 60.3 Å². The number of methoxy groups -OCH3 is 1. The van der Waals surface area contributed by atoms with Crippen LogP contribution in [0, 0.1) is 0 Å². The molecule has 0 aliphatic heterocycles. The molecule has 0 aliphatic rings. The Morgan fingerprint density at radius 2 is 1.96 bits per heavy atom. The van der Waals surface area contributed by atoms with Crippen molar-refractivity contribution in [3.8, 4) is 11.5 Å². The minimum absolute atomic E-state index is 0.222. The van der Waals surface area contributed by atoms with E-state index >= 15 is 0 Å². The summed E-state index contributed by atoms with van der Waals surface area (Å²) in [4.78, 5) is 16.9. The van der Waals surface area contributed by atoms with Crippen LogP contribution in [0.25, 0.3) is 10.9 Å². The average Bonchev–Trinajstić information content (AvgIpc) is 2.68. The number of aromatic nitrogens is 1. The monoisotopic (exact) mass is 350 g/mol. The molecule has 1 heterocycles. The Morgan fingerprint density at radius 1 is 1.12 bits per heavy atom. The highest BCUT2D eigenvalue weighted by Crippen LogP contribution is 2.28. The lowest BCUT2D eigenvalue weighted by molar-refractivity contribution is 0.102. The fraction of sp³-hybridized carbons (Fsp3) is 0.238. The second kappa shape index (κ2) is 8.34. The number of carbonyl (C=O) groups excluding carboxylic acids is 1. The summed E-state index contributed by atoms with van der Waals surface area (Å²) in [5.74, 6) is 0.968. The third kappa shape index (κ3) is 4.11. The lowest BCUT2D eigenvalue weighted by atomic mass is 10.1. The van der Waals surface area contributed by atoms with E-state index in [2.05, 4.69) is 17.2 Å². The first-order valence-electron chi connectivity index (χ1n) is 8.68. The molecule has 26 heavy (non-hydrogen) atoms. The minimum atomic E-state index is -0.222. The number of nitrogens with zero attached hydrogens (tertiary/aromatic N) is 1. The van der Waals surface area contributed by atoms with Crippen LogP contribution in [0.1, 0.15) is 30.1 Å². The van der Waals surface area contributed by atoms with Crippen molar-refractivity contribution in [1.82, 2.24) is 4.98 Å². The highest BCUT2D eigenvalue weighted by atomic mass is 16.5. The molecule has 3 aromatic rings. The number of hydrogen-bond acceptors (Lipinski definition) is 4. The molecule has 0 unspecified atom stereocenters. The number of unbranched alkanes of at least 4 members (excludes halogenated alkanes) is 1. The van der Waals surface area contributed by atoms with Crippen LogP contribution >= 0.6 is 0 Å². The smallest absolute Gasteiger partial charge is 0.255 e. The van der Waals surface area contributed by atoms with Gasteiger partial charge >= 0.3 is 0 Å². The Kier molecular flexibility index (Phi) is 5.69. The normalized spacial score (nSPS) is 10.5. The Balaban J connectivity index is 1.75. The van der Waals surface area contributed by atoms with Gasteiger partial charge in [-0.2, -0.15) is 0 Å². The van der Waals surface area contributed by atoms with Crippen LogP contribution in [0.15, 0.2) is 54.7 Å². The van der Waals surface area contributed by atoms with E-state index < -0.39 is 0 Å². The van der Waals surface area contributed by atoms with Gasteiger partial charge in [0.1, 0.15) is 0 Å². The summed E-state index contributed by atoms with van der Waals surface area (Å²) >= 11 is 0. The number of benzene rings is 2. The molecular weight excluding hydrogens is 328 g/mol. The molecule has 0 atom stereocenters. The van der Waals surface area contributed by atoms with Gasteiger partial charge in [-0.25, -0.2) is 0 Å². The molecular formula is C21H22N2O3. The molecule has 0 fully saturated rings.